The second kappa shape index (κ2) is 6.37. The number of hydrogen-bond donors (Lipinski definition) is 1. The minimum absolute atomic E-state index is 0.0165. The van der Waals surface area contributed by atoms with Crippen LogP contribution in [0, 0.1) is 6.92 Å². The van der Waals surface area contributed by atoms with E-state index < -0.39 is 0 Å². The van der Waals surface area contributed by atoms with Crippen LogP contribution in [-0.4, -0.2) is 22.0 Å². The lowest BCUT2D eigenvalue weighted by Gasteiger charge is -2.07. The van der Waals surface area contributed by atoms with Gasteiger partial charge in [0.2, 0.25) is 5.91 Å². The highest BCUT2D eigenvalue weighted by atomic mass is 16.1. The molecule has 0 spiro atoms. The summed E-state index contributed by atoms with van der Waals surface area (Å²) in [6, 6.07) is 8.13. The maximum absolute atomic E-state index is 11.5. The van der Waals surface area contributed by atoms with Crippen molar-refractivity contribution in [1.82, 2.24) is 14.9 Å². The Morgan fingerprint density at radius 1 is 1.35 bits per heavy atom. The van der Waals surface area contributed by atoms with E-state index in [4.69, 9.17) is 0 Å². The molecule has 4 heteroatoms. The molecule has 20 heavy (non-hydrogen) atoms. The molecule has 0 fully saturated rings. The van der Waals surface area contributed by atoms with E-state index in [1.165, 1.54) is 0 Å². The molecule has 1 heterocycles. The first-order valence-corrected chi connectivity index (χ1v) is 6.92. The summed E-state index contributed by atoms with van der Waals surface area (Å²) in [6.45, 7) is 7.39. The van der Waals surface area contributed by atoms with E-state index in [2.05, 4.69) is 20.9 Å². The van der Waals surface area contributed by atoms with Gasteiger partial charge in [-0.15, -0.1) is 0 Å². The summed E-state index contributed by atoms with van der Waals surface area (Å²) in [5.74, 6) is 0.999. The molecule has 1 aromatic carbocycles. The fourth-order valence-corrected chi connectivity index (χ4v) is 2.24. The molecule has 0 saturated heterocycles. The molecule has 0 bridgehead atoms. The third-order valence-corrected chi connectivity index (χ3v) is 3.12. The van der Waals surface area contributed by atoms with Gasteiger partial charge in [-0.2, -0.15) is 0 Å². The first-order chi connectivity index (χ1) is 9.58. The molecule has 106 valence electrons. The number of aryl methyl sites for hydroxylation is 2. The Morgan fingerprint density at radius 3 is 2.85 bits per heavy atom. The highest BCUT2D eigenvalue weighted by molar-refractivity contribution is 5.87. The fraction of sp³-hybridized carbons (Fsp3) is 0.375. The largest absolute Gasteiger partial charge is 0.352 e. The van der Waals surface area contributed by atoms with Crippen molar-refractivity contribution in [2.45, 2.75) is 33.7 Å². The number of nitrogens with zero attached hydrogens (tertiary/aromatic N) is 2. The van der Waals surface area contributed by atoms with Gasteiger partial charge < -0.3 is 9.88 Å². The maximum Gasteiger partial charge on any atom is 0.243 e. The van der Waals surface area contributed by atoms with Gasteiger partial charge in [0, 0.05) is 19.2 Å². The first kappa shape index (κ1) is 14.3. The van der Waals surface area contributed by atoms with Crippen LogP contribution in [0.3, 0.4) is 0 Å². The molecule has 2 rings (SSSR count). The number of hydrogen-bond acceptors (Lipinski definition) is 2. The van der Waals surface area contributed by atoms with Crippen LogP contribution in [0.2, 0.25) is 0 Å². The molecule has 1 amide bonds. The number of carbonyl (C=O) groups is 1. The number of aromatic nitrogens is 2. The molecule has 0 aliphatic heterocycles. The summed E-state index contributed by atoms with van der Waals surface area (Å²) < 4.78 is 2.20. The number of fused-ring (bicyclic) bond motifs is 1. The predicted molar refractivity (Wildman–Crippen MR) is 81.5 cm³/mol. The van der Waals surface area contributed by atoms with E-state index in [9.17, 15) is 4.79 Å². The average molecular weight is 271 g/mol. The Bertz CT molecular complexity index is 636. The smallest absolute Gasteiger partial charge is 0.243 e. The van der Waals surface area contributed by atoms with Gasteiger partial charge in [-0.25, -0.2) is 4.98 Å². The van der Waals surface area contributed by atoms with Crippen LogP contribution < -0.4 is 5.32 Å². The monoisotopic (exact) mass is 271 g/mol. The van der Waals surface area contributed by atoms with Crippen LogP contribution >= 0.6 is 0 Å². The number of allylic oxidation sites excluding steroid dienone is 1. The van der Waals surface area contributed by atoms with E-state index in [1.807, 2.05) is 39.0 Å². The zero-order valence-electron chi connectivity index (χ0n) is 12.3. The molecule has 0 atom stereocenters. The van der Waals surface area contributed by atoms with Crippen LogP contribution in [0.4, 0.5) is 0 Å². The highest BCUT2D eigenvalue weighted by Crippen LogP contribution is 2.15. The van der Waals surface area contributed by atoms with E-state index >= 15 is 0 Å². The molecule has 1 aromatic heterocycles. The van der Waals surface area contributed by atoms with E-state index in [0.29, 0.717) is 6.54 Å². The second-order valence-electron chi connectivity index (χ2n) is 5.17. The number of rotatable bonds is 5. The SMILES string of the molecule is CC(C)=CC(=O)NCCCn1c(C)nc2ccccc21. The number of para-hydroxylation sites is 2. The van der Waals surface area contributed by atoms with Crippen molar-refractivity contribution in [3.8, 4) is 0 Å². The molecular weight excluding hydrogens is 250 g/mol. The molecule has 0 aliphatic rings. The number of nitrogens with one attached hydrogen (secondary N) is 1. The molecule has 0 radical (unpaired) electrons. The lowest BCUT2D eigenvalue weighted by molar-refractivity contribution is -0.116. The summed E-state index contributed by atoms with van der Waals surface area (Å²) in [6.07, 6.45) is 2.52. The third-order valence-electron chi connectivity index (χ3n) is 3.12. The minimum Gasteiger partial charge on any atom is -0.352 e. The van der Waals surface area contributed by atoms with Gasteiger partial charge in [-0.05, 0) is 39.3 Å². The van der Waals surface area contributed by atoms with Gasteiger partial charge in [0.1, 0.15) is 5.82 Å². The number of imidazole rings is 1. The first-order valence-electron chi connectivity index (χ1n) is 6.92. The molecule has 0 unspecified atom stereocenters. The van der Waals surface area contributed by atoms with Crippen molar-refractivity contribution >= 4 is 16.9 Å². The minimum atomic E-state index is -0.0165. The summed E-state index contributed by atoms with van der Waals surface area (Å²) in [5, 5.41) is 2.89. The van der Waals surface area contributed by atoms with Crippen molar-refractivity contribution in [2.24, 2.45) is 0 Å². The Labute approximate surface area is 119 Å². The van der Waals surface area contributed by atoms with E-state index in [1.54, 1.807) is 6.08 Å². The lowest BCUT2D eigenvalue weighted by atomic mass is 10.3. The summed E-state index contributed by atoms with van der Waals surface area (Å²) in [5.41, 5.74) is 3.19. The van der Waals surface area contributed by atoms with Gasteiger partial charge in [0.25, 0.3) is 0 Å². The summed E-state index contributed by atoms with van der Waals surface area (Å²) >= 11 is 0. The quantitative estimate of drug-likeness (QED) is 0.671. The zero-order chi connectivity index (χ0) is 14.5. The number of carbonyl (C=O) groups excluding carboxylic acids is 1. The normalized spacial score (nSPS) is 10.6. The zero-order valence-corrected chi connectivity index (χ0v) is 12.3. The maximum atomic E-state index is 11.5. The van der Waals surface area contributed by atoms with Gasteiger partial charge in [0.05, 0.1) is 11.0 Å². The third kappa shape index (κ3) is 3.47. The van der Waals surface area contributed by atoms with Crippen molar-refractivity contribution in [2.75, 3.05) is 6.54 Å². The Balaban J connectivity index is 1.92. The van der Waals surface area contributed by atoms with Gasteiger partial charge >= 0.3 is 0 Å². The van der Waals surface area contributed by atoms with E-state index in [0.717, 1.165) is 35.4 Å². The number of amides is 1. The van der Waals surface area contributed by atoms with E-state index in [-0.39, 0.29) is 5.91 Å². The van der Waals surface area contributed by atoms with Crippen molar-refractivity contribution in [1.29, 1.82) is 0 Å². The van der Waals surface area contributed by atoms with Crippen LogP contribution in [0.25, 0.3) is 11.0 Å². The topological polar surface area (TPSA) is 46.9 Å². The molecular formula is C16H21N3O. The molecule has 4 nitrogen and oxygen atoms in total. The number of benzene rings is 1. The van der Waals surface area contributed by atoms with Crippen LogP contribution in [-0.2, 0) is 11.3 Å². The van der Waals surface area contributed by atoms with Gasteiger partial charge in [-0.3, -0.25) is 4.79 Å². The van der Waals surface area contributed by atoms with Gasteiger partial charge in [-0.1, -0.05) is 17.7 Å². The molecule has 0 saturated carbocycles. The summed E-state index contributed by atoms with van der Waals surface area (Å²) in [7, 11) is 0. The fourth-order valence-electron chi connectivity index (χ4n) is 2.24. The Hall–Kier alpha value is -2.10. The predicted octanol–water partition coefficient (Wildman–Crippen LogP) is 2.82. The summed E-state index contributed by atoms with van der Waals surface area (Å²) in [4.78, 5) is 16.0. The van der Waals surface area contributed by atoms with Crippen LogP contribution in [0.1, 0.15) is 26.1 Å². The molecule has 0 aliphatic carbocycles. The Morgan fingerprint density at radius 2 is 2.10 bits per heavy atom. The highest BCUT2D eigenvalue weighted by Gasteiger charge is 2.05. The van der Waals surface area contributed by atoms with Gasteiger partial charge in [0.15, 0.2) is 0 Å². The van der Waals surface area contributed by atoms with Crippen LogP contribution in [0.5, 0.6) is 0 Å². The Kier molecular flexibility index (Phi) is 4.56. The van der Waals surface area contributed by atoms with Crippen molar-refractivity contribution in [3.05, 3.63) is 41.7 Å². The molecule has 1 N–H and O–H groups in total. The standard InChI is InChI=1S/C16H21N3O/c1-12(2)11-16(20)17-9-6-10-19-13(3)18-14-7-4-5-8-15(14)19/h4-5,7-8,11H,6,9-10H2,1-3H3,(H,17,20). The second-order valence-corrected chi connectivity index (χ2v) is 5.17. The van der Waals surface area contributed by atoms with Crippen LogP contribution in [0.15, 0.2) is 35.9 Å². The van der Waals surface area contributed by atoms with Crippen molar-refractivity contribution < 1.29 is 4.79 Å². The van der Waals surface area contributed by atoms with Crippen molar-refractivity contribution in [3.63, 3.8) is 0 Å². The lowest BCUT2D eigenvalue weighted by Crippen LogP contribution is -2.23. The average Bonchev–Trinajstić information content (AvgIpc) is 2.70. The molecule has 2 aromatic rings.